The second-order valence-corrected chi connectivity index (χ2v) is 4.32. The summed E-state index contributed by atoms with van der Waals surface area (Å²) in [6.45, 7) is 1.73. The maximum absolute atomic E-state index is 14.2. The smallest absolute Gasteiger partial charge is 0.131 e. The topological polar surface area (TPSA) is 47.3 Å². The summed E-state index contributed by atoms with van der Waals surface area (Å²) in [5, 5.41) is 0. The first-order valence-corrected chi connectivity index (χ1v) is 6.03. The lowest BCUT2D eigenvalue weighted by molar-refractivity contribution is 0.403. The molecule has 0 aromatic heterocycles. The maximum Gasteiger partial charge on any atom is 0.131 e. The Labute approximate surface area is 112 Å². The molecule has 0 amide bonds. The summed E-state index contributed by atoms with van der Waals surface area (Å²) in [7, 11) is 1.58. The van der Waals surface area contributed by atoms with Gasteiger partial charge in [-0.25, -0.2) is 9.82 Å². The minimum Gasteiger partial charge on any atom is -0.496 e. The Morgan fingerprint density at radius 1 is 1.11 bits per heavy atom. The van der Waals surface area contributed by atoms with Crippen LogP contribution in [-0.4, -0.2) is 7.11 Å². The van der Waals surface area contributed by atoms with Crippen LogP contribution in [0.3, 0.4) is 0 Å². The molecule has 0 saturated carbocycles. The third-order valence-electron chi connectivity index (χ3n) is 3.15. The number of ether oxygens (including phenoxy) is 1. The zero-order chi connectivity index (χ0) is 13.8. The van der Waals surface area contributed by atoms with E-state index in [2.05, 4.69) is 5.43 Å². The fraction of sp³-hybridized carbons (Fsp3) is 0.200. The Morgan fingerprint density at radius 3 is 2.47 bits per heavy atom. The Bertz CT molecular complexity index is 572. The Morgan fingerprint density at radius 2 is 1.79 bits per heavy atom. The average Bonchev–Trinajstić information content (AvgIpc) is 2.45. The highest BCUT2D eigenvalue weighted by Gasteiger charge is 2.20. The van der Waals surface area contributed by atoms with E-state index in [1.165, 1.54) is 0 Å². The number of hydrazine groups is 1. The molecule has 0 aliphatic rings. The van der Waals surface area contributed by atoms with E-state index in [0.717, 1.165) is 5.56 Å². The molecule has 0 saturated heterocycles. The largest absolute Gasteiger partial charge is 0.496 e. The molecule has 2 aromatic rings. The summed E-state index contributed by atoms with van der Waals surface area (Å²) >= 11 is 0. The molecule has 100 valence electrons. The van der Waals surface area contributed by atoms with Gasteiger partial charge >= 0.3 is 0 Å². The first kappa shape index (κ1) is 13.5. The molecule has 3 N–H and O–H groups in total. The molecule has 2 rings (SSSR count). The molecule has 1 unspecified atom stereocenters. The number of hydrogen-bond acceptors (Lipinski definition) is 3. The molecule has 0 heterocycles. The van der Waals surface area contributed by atoms with E-state index in [1.807, 2.05) is 30.3 Å². The second kappa shape index (κ2) is 5.82. The van der Waals surface area contributed by atoms with E-state index < -0.39 is 6.04 Å². The van der Waals surface area contributed by atoms with Crippen molar-refractivity contribution >= 4 is 0 Å². The molecule has 0 bridgehead atoms. The summed E-state index contributed by atoms with van der Waals surface area (Å²) in [4.78, 5) is 0. The minimum absolute atomic E-state index is 0.253. The number of para-hydroxylation sites is 1. The molecule has 0 spiro atoms. The van der Waals surface area contributed by atoms with Crippen LogP contribution < -0.4 is 16.0 Å². The van der Waals surface area contributed by atoms with Crippen LogP contribution in [0.25, 0.3) is 0 Å². The van der Waals surface area contributed by atoms with Gasteiger partial charge in [-0.15, -0.1) is 0 Å². The molecule has 0 fully saturated rings. The summed E-state index contributed by atoms with van der Waals surface area (Å²) in [6, 6.07) is 12.2. The summed E-state index contributed by atoms with van der Waals surface area (Å²) in [5.41, 5.74) is 4.56. The lowest BCUT2D eigenvalue weighted by atomic mass is 9.96. The fourth-order valence-electron chi connectivity index (χ4n) is 2.15. The molecule has 0 aliphatic heterocycles. The van der Waals surface area contributed by atoms with Crippen LogP contribution in [0, 0.1) is 12.7 Å². The molecule has 19 heavy (non-hydrogen) atoms. The predicted octanol–water partition coefficient (Wildman–Crippen LogP) is 2.70. The first-order valence-electron chi connectivity index (χ1n) is 6.03. The minimum atomic E-state index is -0.448. The number of rotatable bonds is 4. The molecular weight excluding hydrogens is 243 g/mol. The van der Waals surface area contributed by atoms with Crippen molar-refractivity contribution in [2.24, 2.45) is 5.84 Å². The summed E-state index contributed by atoms with van der Waals surface area (Å²) in [5.74, 6) is 6.03. The monoisotopic (exact) mass is 260 g/mol. The number of nitrogens with two attached hydrogens (primary N) is 1. The number of aryl methyl sites for hydroxylation is 1. The van der Waals surface area contributed by atoms with Crippen molar-refractivity contribution in [1.82, 2.24) is 5.43 Å². The van der Waals surface area contributed by atoms with Gasteiger partial charge in [-0.1, -0.05) is 36.4 Å². The van der Waals surface area contributed by atoms with Gasteiger partial charge < -0.3 is 4.74 Å². The zero-order valence-corrected chi connectivity index (χ0v) is 11.0. The van der Waals surface area contributed by atoms with Gasteiger partial charge in [0.1, 0.15) is 11.6 Å². The Hall–Kier alpha value is -1.91. The van der Waals surface area contributed by atoms with Crippen molar-refractivity contribution in [3.8, 4) is 5.75 Å². The summed E-state index contributed by atoms with van der Waals surface area (Å²) in [6.07, 6.45) is 0. The van der Waals surface area contributed by atoms with Gasteiger partial charge in [0.05, 0.1) is 13.2 Å². The van der Waals surface area contributed by atoms with Crippen molar-refractivity contribution in [2.45, 2.75) is 13.0 Å². The highest BCUT2D eigenvalue weighted by molar-refractivity contribution is 5.42. The number of nitrogens with one attached hydrogen (secondary N) is 1. The SMILES string of the molecule is COc1ccccc1C(NN)c1cccc(C)c1F. The number of benzene rings is 2. The van der Waals surface area contributed by atoms with Crippen LogP contribution in [0.2, 0.25) is 0 Å². The van der Waals surface area contributed by atoms with Gasteiger partial charge in [0, 0.05) is 11.1 Å². The molecule has 3 nitrogen and oxygen atoms in total. The predicted molar refractivity (Wildman–Crippen MR) is 73.3 cm³/mol. The van der Waals surface area contributed by atoms with E-state index in [1.54, 1.807) is 26.2 Å². The Kier molecular flexibility index (Phi) is 4.14. The highest BCUT2D eigenvalue weighted by Crippen LogP contribution is 2.31. The third-order valence-corrected chi connectivity index (χ3v) is 3.15. The van der Waals surface area contributed by atoms with E-state index in [4.69, 9.17) is 10.6 Å². The van der Waals surface area contributed by atoms with Crippen LogP contribution in [0.1, 0.15) is 22.7 Å². The normalized spacial score (nSPS) is 12.2. The van der Waals surface area contributed by atoms with Crippen molar-refractivity contribution in [2.75, 3.05) is 7.11 Å². The number of halogens is 1. The molecule has 0 aliphatic carbocycles. The summed E-state index contributed by atoms with van der Waals surface area (Å²) < 4.78 is 19.5. The van der Waals surface area contributed by atoms with Gasteiger partial charge in [0.15, 0.2) is 0 Å². The van der Waals surface area contributed by atoms with Crippen LogP contribution in [0.15, 0.2) is 42.5 Å². The van der Waals surface area contributed by atoms with Gasteiger partial charge in [0.2, 0.25) is 0 Å². The van der Waals surface area contributed by atoms with Crippen molar-refractivity contribution in [1.29, 1.82) is 0 Å². The van der Waals surface area contributed by atoms with Gasteiger partial charge in [0.25, 0.3) is 0 Å². The van der Waals surface area contributed by atoms with E-state index in [0.29, 0.717) is 16.9 Å². The van der Waals surface area contributed by atoms with Gasteiger partial charge in [-0.05, 0) is 18.6 Å². The fourth-order valence-corrected chi connectivity index (χ4v) is 2.15. The second-order valence-electron chi connectivity index (χ2n) is 4.32. The van der Waals surface area contributed by atoms with E-state index >= 15 is 0 Å². The van der Waals surface area contributed by atoms with Crippen LogP contribution in [0.5, 0.6) is 5.75 Å². The number of hydrogen-bond donors (Lipinski definition) is 2. The Balaban J connectivity index is 2.53. The van der Waals surface area contributed by atoms with Crippen molar-refractivity contribution in [3.05, 3.63) is 65.0 Å². The van der Waals surface area contributed by atoms with Crippen LogP contribution in [-0.2, 0) is 0 Å². The molecular formula is C15H17FN2O. The van der Waals surface area contributed by atoms with Crippen LogP contribution >= 0.6 is 0 Å². The van der Waals surface area contributed by atoms with Crippen molar-refractivity contribution < 1.29 is 9.13 Å². The molecule has 2 aromatic carbocycles. The van der Waals surface area contributed by atoms with E-state index in [9.17, 15) is 4.39 Å². The zero-order valence-electron chi connectivity index (χ0n) is 11.0. The van der Waals surface area contributed by atoms with Crippen molar-refractivity contribution in [3.63, 3.8) is 0 Å². The standard InChI is InChI=1S/C15H17FN2O/c1-10-6-5-8-12(14(10)16)15(18-17)11-7-3-4-9-13(11)19-2/h3-9,15,18H,17H2,1-2H3. The van der Waals surface area contributed by atoms with Gasteiger partial charge in [-0.3, -0.25) is 5.84 Å². The van der Waals surface area contributed by atoms with Gasteiger partial charge in [-0.2, -0.15) is 0 Å². The quantitative estimate of drug-likeness (QED) is 0.656. The first-order chi connectivity index (χ1) is 9.19. The van der Waals surface area contributed by atoms with E-state index in [-0.39, 0.29) is 5.82 Å². The average molecular weight is 260 g/mol. The maximum atomic E-state index is 14.2. The lowest BCUT2D eigenvalue weighted by Gasteiger charge is -2.20. The highest BCUT2D eigenvalue weighted by atomic mass is 19.1. The molecule has 0 radical (unpaired) electrons. The third kappa shape index (κ3) is 2.59. The van der Waals surface area contributed by atoms with Crippen LogP contribution in [0.4, 0.5) is 4.39 Å². The lowest BCUT2D eigenvalue weighted by Crippen LogP contribution is -2.30. The number of methoxy groups -OCH3 is 1. The molecule has 4 heteroatoms. The molecule has 1 atom stereocenters.